The van der Waals surface area contributed by atoms with Gasteiger partial charge in [0, 0.05) is 26.2 Å². The predicted molar refractivity (Wildman–Crippen MR) is 71.0 cm³/mol. The van der Waals surface area contributed by atoms with Crippen LogP contribution in [0.2, 0.25) is 0 Å². The average molecular weight is 260 g/mol. The molecule has 2 aliphatic heterocycles. The second-order valence-corrected chi connectivity index (χ2v) is 4.80. The van der Waals surface area contributed by atoms with Gasteiger partial charge < -0.3 is 10.1 Å². The van der Waals surface area contributed by atoms with Crippen LogP contribution < -0.4 is 10.6 Å². The number of ether oxygens (including phenoxy) is 1. The molecular weight excluding hydrogens is 242 g/mol. The summed E-state index contributed by atoms with van der Waals surface area (Å²) in [5, 5.41) is 6.65. The number of rotatable bonds is 2. The Hall–Kier alpha value is -1.43. The molecule has 3 rings (SSSR count). The van der Waals surface area contributed by atoms with Gasteiger partial charge in [0.05, 0.1) is 7.11 Å². The van der Waals surface area contributed by atoms with Gasteiger partial charge in [-0.1, -0.05) is 24.3 Å². The van der Waals surface area contributed by atoms with Crippen LogP contribution in [0, 0.1) is 6.17 Å². The standard InChI is InChI=1S/C14H18N3O2/c1-19-14(18)12-9-15-6-7-17(12)13-11-5-3-2-4-10(11)8-16-13/h2-5,12,15-16H,6-9H2,1H3. The monoisotopic (exact) mass is 260 g/mol. The maximum absolute atomic E-state index is 11.9. The van der Waals surface area contributed by atoms with Crippen molar-refractivity contribution in [1.29, 1.82) is 0 Å². The number of carbonyl (C=O) groups is 1. The zero-order valence-electron chi connectivity index (χ0n) is 11.0. The zero-order chi connectivity index (χ0) is 13.2. The summed E-state index contributed by atoms with van der Waals surface area (Å²) in [6, 6.07) is 8.03. The molecule has 1 aromatic carbocycles. The minimum atomic E-state index is -0.257. The lowest BCUT2D eigenvalue weighted by atomic mass is 10.1. The van der Waals surface area contributed by atoms with Crippen molar-refractivity contribution in [2.45, 2.75) is 12.6 Å². The fourth-order valence-corrected chi connectivity index (χ4v) is 2.75. The number of piperazine rings is 1. The van der Waals surface area contributed by atoms with Gasteiger partial charge in [-0.2, -0.15) is 0 Å². The highest BCUT2D eigenvalue weighted by Gasteiger charge is 2.38. The van der Waals surface area contributed by atoms with Crippen molar-refractivity contribution >= 4 is 5.97 Å². The number of benzene rings is 1. The van der Waals surface area contributed by atoms with Crippen molar-refractivity contribution < 1.29 is 9.53 Å². The Balaban J connectivity index is 1.86. The second kappa shape index (κ2) is 5.28. The van der Waals surface area contributed by atoms with E-state index in [9.17, 15) is 4.79 Å². The molecular formula is C14H18N3O2. The summed E-state index contributed by atoms with van der Waals surface area (Å²) in [6.07, 6.45) is 1.05. The number of carbonyl (C=O) groups excluding carboxylic acids is 1. The second-order valence-electron chi connectivity index (χ2n) is 4.80. The molecule has 1 atom stereocenters. The number of hydrogen-bond acceptors (Lipinski definition) is 5. The first-order chi connectivity index (χ1) is 9.31. The Labute approximate surface area is 112 Å². The molecule has 1 aromatic rings. The third-order valence-corrected chi connectivity index (χ3v) is 3.72. The number of hydrogen-bond donors (Lipinski definition) is 2. The molecule has 0 aromatic heterocycles. The van der Waals surface area contributed by atoms with Crippen LogP contribution in [0.5, 0.6) is 0 Å². The summed E-state index contributed by atoms with van der Waals surface area (Å²) < 4.78 is 4.91. The van der Waals surface area contributed by atoms with E-state index in [1.54, 1.807) is 0 Å². The van der Waals surface area contributed by atoms with Gasteiger partial charge in [-0.05, 0) is 11.1 Å². The molecule has 19 heavy (non-hydrogen) atoms. The van der Waals surface area contributed by atoms with E-state index in [0.29, 0.717) is 6.54 Å². The summed E-state index contributed by atoms with van der Waals surface area (Å²) in [5.74, 6) is -0.189. The highest BCUT2D eigenvalue weighted by atomic mass is 16.5. The number of nitrogens with zero attached hydrogens (tertiary/aromatic N) is 1. The SMILES string of the molecule is COC(=O)C1CNCCN1[C]1NCc2ccccc21. The molecule has 0 aliphatic carbocycles. The molecule has 1 radical (unpaired) electrons. The molecule has 0 amide bonds. The van der Waals surface area contributed by atoms with E-state index in [0.717, 1.165) is 25.8 Å². The molecule has 101 valence electrons. The summed E-state index contributed by atoms with van der Waals surface area (Å²) in [6.45, 7) is 3.13. The number of fused-ring (bicyclic) bond motifs is 1. The van der Waals surface area contributed by atoms with E-state index in [-0.39, 0.29) is 12.0 Å². The molecule has 0 bridgehead atoms. The van der Waals surface area contributed by atoms with E-state index in [1.165, 1.54) is 18.2 Å². The van der Waals surface area contributed by atoms with Crippen LogP contribution in [0.4, 0.5) is 0 Å². The highest BCUT2D eigenvalue weighted by Crippen LogP contribution is 2.29. The van der Waals surface area contributed by atoms with E-state index in [4.69, 9.17) is 4.74 Å². The first-order valence-electron chi connectivity index (χ1n) is 6.55. The van der Waals surface area contributed by atoms with Crippen LogP contribution in [0.15, 0.2) is 24.3 Å². The van der Waals surface area contributed by atoms with Crippen LogP contribution in [-0.2, 0) is 16.1 Å². The van der Waals surface area contributed by atoms with Crippen molar-refractivity contribution in [3.63, 3.8) is 0 Å². The molecule has 1 unspecified atom stereocenters. The van der Waals surface area contributed by atoms with Gasteiger partial charge in [0.2, 0.25) is 0 Å². The van der Waals surface area contributed by atoms with Gasteiger partial charge in [-0.25, -0.2) is 0 Å². The summed E-state index contributed by atoms with van der Waals surface area (Å²) in [4.78, 5) is 14.0. The number of methoxy groups -OCH3 is 1. The number of nitrogens with one attached hydrogen (secondary N) is 2. The molecule has 5 nitrogen and oxygen atoms in total. The maximum Gasteiger partial charge on any atom is 0.324 e. The lowest BCUT2D eigenvalue weighted by molar-refractivity contribution is -0.147. The van der Waals surface area contributed by atoms with Crippen molar-refractivity contribution in [2.75, 3.05) is 26.7 Å². The molecule has 1 fully saturated rings. The molecule has 1 saturated heterocycles. The minimum absolute atomic E-state index is 0.189. The number of esters is 1. The zero-order valence-corrected chi connectivity index (χ0v) is 11.0. The summed E-state index contributed by atoms with van der Waals surface area (Å²) in [7, 11) is 1.44. The Kier molecular flexibility index (Phi) is 3.50. The lowest BCUT2D eigenvalue weighted by Crippen LogP contribution is -2.58. The fraction of sp³-hybridized carbons (Fsp3) is 0.429. The third kappa shape index (κ3) is 2.25. The van der Waals surface area contributed by atoms with E-state index in [2.05, 4.69) is 27.7 Å². The van der Waals surface area contributed by atoms with Crippen LogP contribution in [0.3, 0.4) is 0 Å². The quantitative estimate of drug-likeness (QED) is 0.737. The normalized spacial score (nSPS) is 24.2. The van der Waals surface area contributed by atoms with E-state index in [1.807, 2.05) is 12.1 Å². The van der Waals surface area contributed by atoms with Gasteiger partial charge >= 0.3 is 5.97 Å². The van der Waals surface area contributed by atoms with Gasteiger partial charge in [0.1, 0.15) is 12.2 Å². The largest absolute Gasteiger partial charge is 0.468 e. The van der Waals surface area contributed by atoms with Gasteiger partial charge in [-0.15, -0.1) is 0 Å². The highest BCUT2D eigenvalue weighted by molar-refractivity contribution is 5.76. The first-order valence-corrected chi connectivity index (χ1v) is 6.55. The Morgan fingerprint density at radius 3 is 3.11 bits per heavy atom. The van der Waals surface area contributed by atoms with Gasteiger partial charge in [-0.3, -0.25) is 15.0 Å². The Bertz CT molecular complexity index is 478. The van der Waals surface area contributed by atoms with Gasteiger partial charge in [0.15, 0.2) is 0 Å². The van der Waals surface area contributed by atoms with Crippen molar-refractivity contribution in [3.05, 3.63) is 41.6 Å². The molecule has 0 saturated carbocycles. The minimum Gasteiger partial charge on any atom is -0.468 e. The van der Waals surface area contributed by atoms with Crippen LogP contribution >= 0.6 is 0 Å². The first kappa shape index (κ1) is 12.6. The average Bonchev–Trinajstić information content (AvgIpc) is 2.90. The maximum atomic E-state index is 11.9. The van der Waals surface area contributed by atoms with Crippen molar-refractivity contribution in [2.24, 2.45) is 0 Å². The topological polar surface area (TPSA) is 53.6 Å². The summed E-state index contributed by atoms with van der Waals surface area (Å²) >= 11 is 0. The molecule has 5 heteroatoms. The molecule has 2 N–H and O–H groups in total. The molecule has 2 aliphatic rings. The van der Waals surface area contributed by atoms with Crippen molar-refractivity contribution in [1.82, 2.24) is 15.5 Å². The van der Waals surface area contributed by atoms with E-state index < -0.39 is 0 Å². The molecule has 0 spiro atoms. The summed E-state index contributed by atoms with van der Waals surface area (Å²) in [5.41, 5.74) is 2.47. The van der Waals surface area contributed by atoms with E-state index >= 15 is 0 Å². The predicted octanol–water partition coefficient (Wildman–Crippen LogP) is 0.0742. The van der Waals surface area contributed by atoms with Crippen LogP contribution in [-0.4, -0.2) is 43.7 Å². The van der Waals surface area contributed by atoms with Gasteiger partial charge in [0.25, 0.3) is 0 Å². The lowest BCUT2D eigenvalue weighted by Gasteiger charge is -2.37. The smallest absolute Gasteiger partial charge is 0.324 e. The fourth-order valence-electron chi connectivity index (χ4n) is 2.75. The molecule has 2 heterocycles. The van der Waals surface area contributed by atoms with Crippen LogP contribution in [0.25, 0.3) is 0 Å². The van der Waals surface area contributed by atoms with Crippen molar-refractivity contribution in [3.8, 4) is 0 Å². The van der Waals surface area contributed by atoms with Crippen LogP contribution in [0.1, 0.15) is 11.1 Å². The Morgan fingerprint density at radius 2 is 2.26 bits per heavy atom. The Morgan fingerprint density at radius 1 is 1.42 bits per heavy atom. The third-order valence-electron chi connectivity index (χ3n) is 3.72.